The van der Waals surface area contributed by atoms with Crippen molar-refractivity contribution >= 4 is 21.8 Å². The van der Waals surface area contributed by atoms with Crippen LogP contribution in [-0.2, 0) is 0 Å². The molecule has 0 spiro atoms. The molecule has 2 nitrogen and oxygen atoms in total. The molecule has 0 saturated carbocycles. The van der Waals surface area contributed by atoms with E-state index >= 15 is 0 Å². The molecule has 0 aliphatic carbocycles. The van der Waals surface area contributed by atoms with Gasteiger partial charge in [-0.25, -0.2) is 4.98 Å². The van der Waals surface area contributed by atoms with Crippen LogP contribution >= 0.6 is 0 Å². The molecule has 0 fully saturated rings. The number of fused-ring (bicyclic) bond motifs is 2. The first-order valence-electron chi connectivity index (χ1n) is 6.76. The van der Waals surface area contributed by atoms with Gasteiger partial charge in [0.05, 0.1) is 11.2 Å². The Morgan fingerprint density at radius 2 is 1.80 bits per heavy atom. The minimum atomic E-state index is 1.01. The summed E-state index contributed by atoms with van der Waals surface area (Å²) in [5.41, 5.74) is 5.66. The van der Waals surface area contributed by atoms with Crippen LogP contribution in [0.2, 0.25) is 0 Å². The summed E-state index contributed by atoms with van der Waals surface area (Å²) in [7, 11) is 0. The first-order chi connectivity index (χ1) is 9.83. The number of aryl methyl sites for hydroxylation is 1. The van der Waals surface area contributed by atoms with E-state index in [1.165, 1.54) is 21.9 Å². The van der Waals surface area contributed by atoms with Crippen molar-refractivity contribution in [1.29, 1.82) is 0 Å². The van der Waals surface area contributed by atoms with E-state index < -0.39 is 0 Å². The predicted octanol–water partition coefficient (Wildman–Crippen LogP) is 4.69. The number of hydrogen-bond acceptors (Lipinski definition) is 1. The molecule has 2 heterocycles. The van der Waals surface area contributed by atoms with E-state index in [1.807, 2.05) is 12.1 Å². The Kier molecular flexibility index (Phi) is 2.36. The highest BCUT2D eigenvalue weighted by atomic mass is 14.7. The highest BCUT2D eigenvalue weighted by molar-refractivity contribution is 5.97. The smallest absolute Gasteiger partial charge is 0.0731 e. The van der Waals surface area contributed by atoms with Crippen molar-refractivity contribution < 1.29 is 0 Å². The second-order valence-electron chi connectivity index (χ2n) is 5.09. The van der Waals surface area contributed by atoms with Gasteiger partial charge < -0.3 is 4.98 Å². The Labute approximate surface area is 117 Å². The zero-order valence-electron chi connectivity index (χ0n) is 11.2. The summed E-state index contributed by atoms with van der Waals surface area (Å²) in [4.78, 5) is 8.14. The second-order valence-corrected chi connectivity index (χ2v) is 5.09. The summed E-state index contributed by atoms with van der Waals surface area (Å²) in [6.07, 6.45) is 2.05. The summed E-state index contributed by atoms with van der Waals surface area (Å²) in [6, 6.07) is 18.8. The summed E-state index contributed by atoms with van der Waals surface area (Å²) in [5, 5.41) is 2.40. The third kappa shape index (κ3) is 1.62. The summed E-state index contributed by atoms with van der Waals surface area (Å²) in [6.45, 7) is 2.12. The van der Waals surface area contributed by atoms with Crippen molar-refractivity contribution in [2.24, 2.45) is 0 Å². The predicted molar refractivity (Wildman–Crippen MR) is 83.8 cm³/mol. The van der Waals surface area contributed by atoms with Crippen LogP contribution in [0, 0.1) is 6.92 Å². The number of aromatic amines is 1. The van der Waals surface area contributed by atoms with Gasteiger partial charge in [0.15, 0.2) is 0 Å². The SMILES string of the molecule is Cc1cccc2c(-c3ccc4ccccc4n3)c[nH]c12. The topological polar surface area (TPSA) is 28.7 Å². The van der Waals surface area contributed by atoms with Crippen molar-refractivity contribution in [2.75, 3.05) is 0 Å². The standard InChI is InChI=1S/C18H14N2/c1-12-5-4-7-14-15(11-19-18(12)14)17-10-9-13-6-2-3-8-16(13)20-17/h2-11,19H,1H3. The maximum atomic E-state index is 4.78. The van der Waals surface area contributed by atoms with Gasteiger partial charge in [0.2, 0.25) is 0 Å². The molecule has 20 heavy (non-hydrogen) atoms. The van der Waals surface area contributed by atoms with E-state index in [2.05, 4.69) is 60.6 Å². The molecule has 2 aromatic carbocycles. The van der Waals surface area contributed by atoms with Crippen LogP contribution in [0.5, 0.6) is 0 Å². The van der Waals surface area contributed by atoms with E-state index in [9.17, 15) is 0 Å². The number of pyridine rings is 1. The fraction of sp³-hybridized carbons (Fsp3) is 0.0556. The van der Waals surface area contributed by atoms with E-state index in [0.29, 0.717) is 0 Å². The van der Waals surface area contributed by atoms with Gasteiger partial charge in [-0.1, -0.05) is 42.5 Å². The van der Waals surface area contributed by atoms with Gasteiger partial charge in [0.25, 0.3) is 0 Å². The quantitative estimate of drug-likeness (QED) is 0.527. The van der Waals surface area contributed by atoms with Crippen LogP contribution in [-0.4, -0.2) is 9.97 Å². The maximum absolute atomic E-state index is 4.78. The summed E-state index contributed by atoms with van der Waals surface area (Å²) >= 11 is 0. The van der Waals surface area contributed by atoms with E-state index in [0.717, 1.165) is 16.8 Å². The van der Waals surface area contributed by atoms with Crippen molar-refractivity contribution in [2.45, 2.75) is 6.92 Å². The molecule has 0 unspecified atom stereocenters. The molecule has 0 aliphatic rings. The van der Waals surface area contributed by atoms with Crippen LogP contribution in [0.4, 0.5) is 0 Å². The number of nitrogens with one attached hydrogen (secondary N) is 1. The number of para-hydroxylation sites is 2. The highest BCUT2D eigenvalue weighted by Gasteiger charge is 2.08. The number of aromatic nitrogens is 2. The molecule has 4 aromatic rings. The molecule has 1 N–H and O–H groups in total. The van der Waals surface area contributed by atoms with E-state index in [4.69, 9.17) is 4.98 Å². The van der Waals surface area contributed by atoms with Gasteiger partial charge >= 0.3 is 0 Å². The van der Waals surface area contributed by atoms with E-state index in [1.54, 1.807) is 0 Å². The number of nitrogens with zero attached hydrogens (tertiary/aromatic N) is 1. The minimum absolute atomic E-state index is 1.01. The second kappa shape index (κ2) is 4.20. The van der Waals surface area contributed by atoms with Crippen LogP contribution in [0.1, 0.15) is 5.56 Å². The van der Waals surface area contributed by atoms with Gasteiger partial charge in [-0.05, 0) is 24.6 Å². The van der Waals surface area contributed by atoms with Gasteiger partial charge in [-0.15, -0.1) is 0 Å². The van der Waals surface area contributed by atoms with Crippen molar-refractivity contribution in [1.82, 2.24) is 9.97 Å². The zero-order chi connectivity index (χ0) is 13.5. The van der Waals surface area contributed by atoms with Crippen LogP contribution < -0.4 is 0 Å². The molecule has 0 radical (unpaired) electrons. The molecule has 0 bridgehead atoms. The van der Waals surface area contributed by atoms with E-state index in [-0.39, 0.29) is 0 Å². The molecule has 0 amide bonds. The molecule has 2 heteroatoms. The van der Waals surface area contributed by atoms with Crippen LogP contribution in [0.3, 0.4) is 0 Å². The average molecular weight is 258 g/mol. The van der Waals surface area contributed by atoms with Crippen molar-refractivity contribution in [3.63, 3.8) is 0 Å². The highest BCUT2D eigenvalue weighted by Crippen LogP contribution is 2.29. The lowest BCUT2D eigenvalue weighted by Gasteiger charge is -2.02. The Morgan fingerprint density at radius 3 is 2.75 bits per heavy atom. The monoisotopic (exact) mass is 258 g/mol. The van der Waals surface area contributed by atoms with Gasteiger partial charge in [-0.2, -0.15) is 0 Å². The molecule has 2 aromatic heterocycles. The lowest BCUT2D eigenvalue weighted by Crippen LogP contribution is -1.84. The number of benzene rings is 2. The molecular formula is C18H14N2. The van der Waals surface area contributed by atoms with Crippen molar-refractivity contribution in [3.05, 3.63) is 66.4 Å². The third-order valence-corrected chi connectivity index (χ3v) is 3.80. The van der Waals surface area contributed by atoms with Gasteiger partial charge in [-0.3, -0.25) is 0 Å². The first kappa shape index (κ1) is 11.2. The Balaban J connectivity index is 1.99. The lowest BCUT2D eigenvalue weighted by molar-refractivity contribution is 1.39. The largest absolute Gasteiger partial charge is 0.360 e. The molecule has 96 valence electrons. The Morgan fingerprint density at radius 1 is 0.900 bits per heavy atom. The van der Waals surface area contributed by atoms with Crippen molar-refractivity contribution in [3.8, 4) is 11.3 Å². The maximum Gasteiger partial charge on any atom is 0.0731 e. The molecule has 0 saturated heterocycles. The lowest BCUT2D eigenvalue weighted by atomic mass is 10.1. The van der Waals surface area contributed by atoms with Crippen LogP contribution in [0.25, 0.3) is 33.1 Å². The summed E-state index contributed by atoms with van der Waals surface area (Å²) < 4.78 is 0. The molecule has 4 rings (SSSR count). The summed E-state index contributed by atoms with van der Waals surface area (Å²) in [5.74, 6) is 0. The average Bonchev–Trinajstić information content (AvgIpc) is 2.92. The molecule has 0 atom stereocenters. The number of hydrogen-bond donors (Lipinski definition) is 1. The first-order valence-corrected chi connectivity index (χ1v) is 6.76. The minimum Gasteiger partial charge on any atom is -0.360 e. The normalized spacial score (nSPS) is 11.2. The number of H-pyrrole nitrogens is 1. The fourth-order valence-corrected chi connectivity index (χ4v) is 2.73. The third-order valence-electron chi connectivity index (χ3n) is 3.80. The molecular weight excluding hydrogens is 244 g/mol. The Bertz CT molecular complexity index is 919. The van der Waals surface area contributed by atoms with Gasteiger partial charge in [0, 0.05) is 28.0 Å². The number of rotatable bonds is 1. The Hall–Kier alpha value is -2.61. The van der Waals surface area contributed by atoms with Crippen LogP contribution in [0.15, 0.2) is 60.8 Å². The molecule has 0 aliphatic heterocycles. The zero-order valence-corrected chi connectivity index (χ0v) is 11.2. The van der Waals surface area contributed by atoms with Gasteiger partial charge in [0.1, 0.15) is 0 Å². The fourth-order valence-electron chi connectivity index (χ4n) is 2.73.